The van der Waals surface area contributed by atoms with Crippen LogP contribution in [0.25, 0.3) is 0 Å². The summed E-state index contributed by atoms with van der Waals surface area (Å²) in [4.78, 5) is 14.7. The second-order valence-corrected chi connectivity index (χ2v) is 7.96. The second-order valence-electron chi connectivity index (χ2n) is 5.45. The summed E-state index contributed by atoms with van der Waals surface area (Å²) in [5, 5.41) is 1.30. The predicted molar refractivity (Wildman–Crippen MR) is 112 cm³/mol. The van der Waals surface area contributed by atoms with Gasteiger partial charge in [0.05, 0.1) is 0 Å². The molecule has 0 saturated heterocycles. The van der Waals surface area contributed by atoms with E-state index in [2.05, 4.69) is 15.7 Å². The number of rotatable bonds is 6. The molecule has 2 aromatic carbocycles. The third kappa shape index (κ3) is 6.68. The Labute approximate surface area is 168 Å². The lowest BCUT2D eigenvalue weighted by molar-refractivity contribution is -0.121. The number of nitrogens with one attached hydrogen (secondary N) is 3. The molecule has 0 fully saturated rings. The third-order valence-corrected chi connectivity index (χ3v) is 5.20. The van der Waals surface area contributed by atoms with E-state index in [1.807, 2.05) is 24.3 Å². The lowest BCUT2D eigenvalue weighted by Crippen LogP contribution is -2.49. The zero-order chi connectivity index (χ0) is 19.9. The van der Waals surface area contributed by atoms with Crippen molar-refractivity contribution in [1.82, 2.24) is 20.7 Å². The maximum atomic E-state index is 12.1. The molecule has 7 nitrogen and oxygen atoms in total. The molecule has 0 aliphatic heterocycles. The van der Waals surface area contributed by atoms with Gasteiger partial charge in [-0.25, -0.2) is 8.42 Å². The fourth-order valence-corrected chi connectivity index (χ4v) is 3.21. The molecule has 1 amide bonds. The van der Waals surface area contributed by atoms with Gasteiger partial charge in [-0.2, -0.15) is 0 Å². The number of benzene rings is 2. The first-order chi connectivity index (χ1) is 12.8. The maximum absolute atomic E-state index is 12.1. The number of hydrogen-bond acceptors (Lipinski definition) is 5. The summed E-state index contributed by atoms with van der Waals surface area (Å²) in [5.41, 5.74) is 6.22. The maximum Gasteiger partial charge on any atom is 0.255 e. The Morgan fingerprint density at radius 1 is 0.963 bits per heavy atom. The highest BCUT2D eigenvalue weighted by atomic mass is 32.2. The van der Waals surface area contributed by atoms with Gasteiger partial charge in [0.2, 0.25) is 10.0 Å². The molecule has 3 N–H and O–H groups in total. The topological polar surface area (TPSA) is 90.5 Å². The minimum Gasteiger partial charge on any atom is -0.298 e. The SMILES string of the molecule is CN(NC(=O)CS(=O)(=O)NNC(=S)c1ccccc1)C(=S)c1ccccc1. The Morgan fingerprint density at radius 3 is 2.04 bits per heavy atom. The normalized spacial score (nSPS) is 10.7. The third-order valence-electron chi connectivity index (χ3n) is 3.29. The lowest BCUT2D eigenvalue weighted by atomic mass is 10.2. The van der Waals surface area contributed by atoms with E-state index < -0.39 is 21.7 Å². The van der Waals surface area contributed by atoms with Crippen LogP contribution in [0.4, 0.5) is 0 Å². The van der Waals surface area contributed by atoms with E-state index in [0.29, 0.717) is 10.6 Å². The summed E-state index contributed by atoms with van der Waals surface area (Å²) in [6.07, 6.45) is 0. The van der Waals surface area contributed by atoms with Gasteiger partial charge < -0.3 is 0 Å². The largest absolute Gasteiger partial charge is 0.298 e. The molecule has 0 bridgehead atoms. The van der Waals surface area contributed by atoms with Crippen LogP contribution in [0.3, 0.4) is 0 Å². The van der Waals surface area contributed by atoms with E-state index in [4.69, 9.17) is 24.4 Å². The van der Waals surface area contributed by atoms with Crippen LogP contribution in [-0.2, 0) is 14.8 Å². The first kappa shape index (κ1) is 20.9. The Hall–Kier alpha value is -2.40. The van der Waals surface area contributed by atoms with E-state index in [-0.39, 0.29) is 4.99 Å². The molecule has 142 valence electrons. The molecule has 27 heavy (non-hydrogen) atoms. The molecule has 2 rings (SSSR count). The number of hydrogen-bond donors (Lipinski definition) is 3. The molecule has 2 aromatic rings. The number of thiocarbonyl (C=S) groups is 2. The molecule has 0 saturated carbocycles. The zero-order valence-electron chi connectivity index (χ0n) is 14.4. The van der Waals surface area contributed by atoms with Gasteiger partial charge in [0, 0.05) is 18.2 Å². The van der Waals surface area contributed by atoms with Crippen molar-refractivity contribution in [2.24, 2.45) is 0 Å². The molecular weight excluding hydrogens is 404 g/mol. The van der Waals surface area contributed by atoms with Gasteiger partial charge in [-0.3, -0.25) is 20.7 Å². The standard InChI is InChI=1S/C17H18N4O3S3/c1-21(17(26)14-10-6-3-7-11-14)19-15(22)12-27(23,24)20-18-16(25)13-8-4-2-5-9-13/h2-11,20H,12H2,1H3,(H,18,25)(H,19,22). The van der Waals surface area contributed by atoms with Gasteiger partial charge in [-0.1, -0.05) is 85.1 Å². The van der Waals surface area contributed by atoms with Crippen LogP contribution in [0, 0.1) is 0 Å². The van der Waals surface area contributed by atoms with Crippen LogP contribution in [0.1, 0.15) is 11.1 Å². The summed E-state index contributed by atoms with van der Waals surface area (Å²) >= 11 is 10.4. The predicted octanol–water partition coefficient (Wildman–Crippen LogP) is 1.12. The van der Waals surface area contributed by atoms with Gasteiger partial charge >= 0.3 is 0 Å². The van der Waals surface area contributed by atoms with Crippen LogP contribution in [0.15, 0.2) is 60.7 Å². The van der Waals surface area contributed by atoms with Crippen molar-refractivity contribution >= 4 is 50.3 Å². The molecule has 0 unspecified atom stereocenters. The van der Waals surface area contributed by atoms with Gasteiger partial charge in [0.25, 0.3) is 5.91 Å². The number of carbonyl (C=O) groups excluding carboxylic acids is 1. The fourth-order valence-electron chi connectivity index (χ4n) is 2.04. The van der Waals surface area contributed by atoms with Crippen molar-refractivity contribution in [2.45, 2.75) is 0 Å². The molecular formula is C17H18N4O3S3. The van der Waals surface area contributed by atoms with Crippen LogP contribution in [0.2, 0.25) is 0 Å². The Kier molecular flexibility index (Phi) is 7.36. The van der Waals surface area contributed by atoms with Gasteiger partial charge in [0.15, 0.2) is 0 Å². The Morgan fingerprint density at radius 2 is 1.48 bits per heavy atom. The molecule has 0 aliphatic carbocycles. The highest BCUT2D eigenvalue weighted by Gasteiger charge is 2.19. The summed E-state index contributed by atoms with van der Waals surface area (Å²) in [6, 6.07) is 17.9. The second kappa shape index (κ2) is 9.51. The van der Waals surface area contributed by atoms with Crippen molar-refractivity contribution in [3.63, 3.8) is 0 Å². The first-order valence-electron chi connectivity index (χ1n) is 7.76. The smallest absolute Gasteiger partial charge is 0.255 e. The van der Waals surface area contributed by atoms with Crippen molar-refractivity contribution in [1.29, 1.82) is 0 Å². The van der Waals surface area contributed by atoms with Crippen molar-refractivity contribution in [3.05, 3.63) is 71.8 Å². The highest BCUT2D eigenvalue weighted by Crippen LogP contribution is 2.03. The summed E-state index contributed by atoms with van der Waals surface area (Å²) in [6.45, 7) is 0. The molecule has 10 heteroatoms. The van der Waals surface area contributed by atoms with Gasteiger partial charge in [0.1, 0.15) is 15.7 Å². The van der Waals surface area contributed by atoms with Gasteiger partial charge in [-0.05, 0) is 0 Å². The van der Waals surface area contributed by atoms with Crippen molar-refractivity contribution in [2.75, 3.05) is 12.8 Å². The number of carbonyl (C=O) groups is 1. The number of hydrazine groups is 2. The lowest BCUT2D eigenvalue weighted by Gasteiger charge is -2.21. The van der Waals surface area contributed by atoms with E-state index in [1.54, 1.807) is 36.4 Å². The average molecular weight is 423 g/mol. The number of nitrogens with zero attached hydrogens (tertiary/aromatic N) is 1. The summed E-state index contributed by atoms with van der Waals surface area (Å²) in [5.74, 6) is -1.53. The van der Waals surface area contributed by atoms with Crippen LogP contribution in [-0.4, -0.2) is 42.1 Å². The Bertz CT molecular complexity index is 919. The first-order valence-corrected chi connectivity index (χ1v) is 10.2. The average Bonchev–Trinajstić information content (AvgIpc) is 2.66. The molecule has 0 radical (unpaired) electrons. The number of sulfonamides is 1. The molecule has 0 heterocycles. The number of amides is 1. The van der Waals surface area contributed by atoms with Crippen LogP contribution < -0.4 is 15.7 Å². The van der Waals surface area contributed by atoms with Crippen molar-refractivity contribution in [3.8, 4) is 0 Å². The minimum atomic E-state index is -3.95. The van der Waals surface area contributed by atoms with Crippen LogP contribution >= 0.6 is 24.4 Å². The molecule has 0 aliphatic rings. The highest BCUT2D eigenvalue weighted by molar-refractivity contribution is 7.90. The van der Waals surface area contributed by atoms with Crippen molar-refractivity contribution < 1.29 is 13.2 Å². The summed E-state index contributed by atoms with van der Waals surface area (Å²) in [7, 11) is -2.41. The fraction of sp³-hybridized carbons (Fsp3) is 0.118. The molecule has 0 aromatic heterocycles. The molecule has 0 atom stereocenters. The van der Waals surface area contributed by atoms with Gasteiger partial charge in [-0.15, -0.1) is 4.83 Å². The zero-order valence-corrected chi connectivity index (χ0v) is 16.8. The van der Waals surface area contributed by atoms with E-state index in [9.17, 15) is 13.2 Å². The van der Waals surface area contributed by atoms with Crippen LogP contribution in [0.5, 0.6) is 0 Å². The quantitative estimate of drug-likeness (QED) is 0.475. The van der Waals surface area contributed by atoms with E-state index >= 15 is 0 Å². The monoisotopic (exact) mass is 422 g/mol. The summed E-state index contributed by atoms with van der Waals surface area (Å²) < 4.78 is 24.1. The minimum absolute atomic E-state index is 0.196. The van der Waals surface area contributed by atoms with E-state index in [1.165, 1.54) is 12.1 Å². The van der Waals surface area contributed by atoms with E-state index in [0.717, 1.165) is 5.56 Å². The molecule has 0 spiro atoms. The Balaban J connectivity index is 1.86.